The third kappa shape index (κ3) is 14.5. The molecule has 0 aliphatic carbocycles. The molecule has 0 spiro atoms. The van der Waals surface area contributed by atoms with Gasteiger partial charge in [0.05, 0.1) is 43.5 Å². The van der Waals surface area contributed by atoms with Crippen molar-refractivity contribution in [2.45, 2.75) is 12.2 Å². The zero-order valence-electron chi connectivity index (χ0n) is 40.7. The number of aliphatic hydroxyl groups is 1. The summed E-state index contributed by atoms with van der Waals surface area (Å²) in [6, 6.07) is 41.5. The van der Waals surface area contributed by atoms with Crippen molar-refractivity contribution in [3.8, 4) is 22.3 Å². The van der Waals surface area contributed by atoms with E-state index < -0.39 is 44.0 Å². The van der Waals surface area contributed by atoms with E-state index in [1.807, 2.05) is 30.3 Å². The van der Waals surface area contributed by atoms with Gasteiger partial charge in [-0.15, -0.1) is 0 Å². The quantitative estimate of drug-likeness (QED) is 0.0500. The van der Waals surface area contributed by atoms with Gasteiger partial charge in [0, 0.05) is 59.4 Å². The van der Waals surface area contributed by atoms with Crippen LogP contribution >= 0.6 is 23.2 Å². The first kappa shape index (κ1) is 35.1. The summed E-state index contributed by atoms with van der Waals surface area (Å²) in [5.74, 6) is -0.912. The van der Waals surface area contributed by atoms with Gasteiger partial charge in [-0.1, -0.05) is 96.0 Å². The van der Waals surface area contributed by atoms with Crippen LogP contribution in [-0.4, -0.2) is 70.4 Å². The molecule has 1 aliphatic rings. The number of anilines is 2. The molecule has 0 unspecified atom stereocenters. The number of benzene rings is 6. The minimum absolute atomic E-state index is 0.227. The largest absolute Gasteiger partial charge is 0.465 e. The van der Waals surface area contributed by atoms with Crippen LogP contribution in [0.5, 0.6) is 0 Å². The van der Waals surface area contributed by atoms with Crippen molar-refractivity contribution < 1.29 is 39.9 Å². The van der Waals surface area contributed by atoms with Crippen molar-refractivity contribution in [1.29, 1.82) is 0 Å². The van der Waals surface area contributed by atoms with Gasteiger partial charge in [0.1, 0.15) is 6.10 Å². The monoisotopic (exact) mass is 856 g/mol. The molecule has 1 heterocycles. The Morgan fingerprint density at radius 2 is 1.18 bits per heavy atom. The van der Waals surface area contributed by atoms with Crippen LogP contribution in [0.25, 0.3) is 22.3 Å². The van der Waals surface area contributed by atoms with Crippen molar-refractivity contribution >= 4 is 46.5 Å². The number of epoxide rings is 1. The Morgan fingerprint density at radius 1 is 0.700 bits per heavy atom. The van der Waals surface area contributed by atoms with Crippen LogP contribution in [0, 0.1) is 0 Å². The standard InChI is InChI=1S/C24H25ClN2O3.C16H18N2O2.C8H7ClO/c1-30-24(29)20-8-2-5-17(13-20)18-6-4-10-22(15-18)27-12-11-26-16-23(28)19-7-3-9-21(25)14-19;1-20-16(19)14-6-2-4-12(10-14)13-5-3-7-15(11-13)18-9-8-17;9-7-3-1-2-6(4-7)8-5-10-8/h2-10,13-15,23,26-28H,11-12,16H2,1H3;2-7,10-11,18H,8-9,17H2,1H3;1-4,8H,5H2/t23-;;8-/m0.0/s1/i11D2,12D2;8D2,9D2;. The van der Waals surface area contributed by atoms with Crippen LogP contribution in [0.15, 0.2) is 146 Å². The van der Waals surface area contributed by atoms with E-state index in [-0.39, 0.29) is 6.54 Å². The number of esters is 2. The number of carbonyl (C=O) groups excluding carboxylic acids is 2. The molecule has 1 saturated heterocycles. The second-order valence-corrected chi connectivity index (χ2v) is 13.8. The van der Waals surface area contributed by atoms with E-state index in [0.29, 0.717) is 44.8 Å². The first-order chi connectivity index (χ1) is 32.0. The number of ether oxygens (including phenoxy) is 3. The van der Waals surface area contributed by atoms with Crippen LogP contribution in [0.3, 0.4) is 0 Å². The Morgan fingerprint density at radius 3 is 1.68 bits per heavy atom. The van der Waals surface area contributed by atoms with Gasteiger partial charge >= 0.3 is 11.9 Å². The second-order valence-electron chi connectivity index (χ2n) is 12.9. The zero-order chi connectivity index (χ0) is 49.9. The summed E-state index contributed by atoms with van der Waals surface area (Å²) in [6.45, 7) is -9.44. The number of methoxy groups -OCH3 is 2. The fraction of sp³-hybridized carbons (Fsp3) is 0.208. The van der Waals surface area contributed by atoms with Gasteiger partial charge in [0.2, 0.25) is 0 Å². The number of nitrogens with one attached hydrogen (secondary N) is 3. The van der Waals surface area contributed by atoms with Crippen molar-refractivity contribution in [1.82, 2.24) is 5.32 Å². The molecule has 7 rings (SSSR count). The number of aliphatic hydroxyl groups excluding tert-OH is 1. The molecule has 60 heavy (non-hydrogen) atoms. The maximum absolute atomic E-state index is 11.8. The summed E-state index contributed by atoms with van der Waals surface area (Å²) < 4.78 is 77.7. The lowest BCUT2D eigenvalue weighted by atomic mass is 10.0. The molecule has 0 amide bonds. The van der Waals surface area contributed by atoms with Crippen LogP contribution in [0.2, 0.25) is 10.0 Å². The molecule has 0 bridgehead atoms. The van der Waals surface area contributed by atoms with Gasteiger partial charge in [-0.25, -0.2) is 9.59 Å². The summed E-state index contributed by atoms with van der Waals surface area (Å²) >= 11 is 11.7. The SMILES string of the molecule is Clc1cccc([C@@H]2CO2)c1.[2H]C([2H])(N)C([2H])([2H])Nc1cccc(-c2cccc(C(=O)OC)c2)c1.[2H]C([2H])(NC[C@H](O)c1cccc(Cl)c1)C([2H])([2H])Nc1cccc(-c2cccc(C(=O)OC)c2)c1. The van der Waals surface area contributed by atoms with E-state index in [1.165, 1.54) is 19.8 Å². The highest BCUT2D eigenvalue weighted by molar-refractivity contribution is 6.30. The number of rotatable bonds is 15. The summed E-state index contributed by atoms with van der Waals surface area (Å²) in [6.07, 6.45) is -0.756. The van der Waals surface area contributed by atoms with Gasteiger partial charge in [-0.05, 0) is 106 Å². The fourth-order valence-electron chi connectivity index (χ4n) is 5.62. The van der Waals surface area contributed by atoms with Crippen molar-refractivity contribution in [2.75, 3.05) is 64.0 Å². The fourth-order valence-corrected chi connectivity index (χ4v) is 6.02. The molecular weight excluding hydrogens is 799 g/mol. The Balaban J connectivity index is 0.000000218. The van der Waals surface area contributed by atoms with Gasteiger partial charge in [0.15, 0.2) is 0 Å². The van der Waals surface area contributed by atoms with Crippen molar-refractivity contribution in [3.63, 3.8) is 0 Å². The van der Waals surface area contributed by atoms with E-state index in [4.69, 9.17) is 54.1 Å². The number of hydrogen-bond acceptors (Lipinski definition) is 10. The smallest absolute Gasteiger partial charge is 0.337 e. The maximum Gasteiger partial charge on any atom is 0.337 e. The summed E-state index contributed by atoms with van der Waals surface area (Å²) in [4.78, 5) is 23.4. The molecule has 0 aromatic heterocycles. The minimum Gasteiger partial charge on any atom is -0.465 e. The molecule has 0 radical (unpaired) electrons. The first-order valence-electron chi connectivity index (χ1n) is 22.5. The topological polar surface area (TPSA) is 147 Å². The molecule has 1 aliphatic heterocycles. The Labute approximate surface area is 372 Å². The van der Waals surface area contributed by atoms with Gasteiger partial charge in [-0.3, -0.25) is 0 Å². The number of halogens is 2. The highest BCUT2D eigenvalue weighted by atomic mass is 35.5. The Kier molecular flexibility index (Phi) is 13.9. The predicted molar refractivity (Wildman–Crippen MR) is 242 cm³/mol. The maximum atomic E-state index is 11.8. The van der Waals surface area contributed by atoms with E-state index in [9.17, 15) is 14.7 Å². The molecule has 0 saturated carbocycles. The molecule has 1 fully saturated rings. The number of hydrogen-bond donors (Lipinski definition) is 5. The summed E-state index contributed by atoms with van der Waals surface area (Å²) in [7, 11) is 2.61. The molecule has 10 nitrogen and oxygen atoms in total. The summed E-state index contributed by atoms with van der Waals surface area (Å²) in [5, 5.41) is 19.1. The molecule has 12 heteroatoms. The third-order valence-electron chi connectivity index (χ3n) is 8.68. The molecule has 6 aromatic rings. The van der Waals surface area contributed by atoms with Gasteiger partial charge in [-0.2, -0.15) is 0 Å². The second kappa shape index (κ2) is 23.8. The lowest BCUT2D eigenvalue weighted by molar-refractivity contribution is 0.0592. The Bertz CT molecular complexity index is 2670. The van der Waals surface area contributed by atoms with Crippen molar-refractivity contribution in [2.24, 2.45) is 5.73 Å². The molecule has 6 N–H and O–H groups in total. The lowest BCUT2D eigenvalue weighted by Gasteiger charge is -2.13. The summed E-state index contributed by atoms with van der Waals surface area (Å²) in [5.41, 5.74) is 11.3. The van der Waals surface area contributed by atoms with E-state index in [0.717, 1.165) is 28.3 Å². The highest BCUT2D eigenvalue weighted by Gasteiger charge is 2.24. The molecule has 6 aromatic carbocycles. The van der Waals surface area contributed by atoms with Crippen molar-refractivity contribution in [3.05, 3.63) is 178 Å². The highest BCUT2D eigenvalue weighted by Crippen LogP contribution is 2.31. The molecule has 312 valence electrons. The Hall–Kier alpha value is -5.72. The van der Waals surface area contributed by atoms with E-state index >= 15 is 0 Å². The third-order valence-corrected chi connectivity index (χ3v) is 9.15. The average Bonchev–Trinajstić information content (AvgIpc) is 4.17. The molecule has 2 atom stereocenters. The van der Waals surface area contributed by atoms with Crippen LogP contribution in [0.4, 0.5) is 11.4 Å². The van der Waals surface area contributed by atoms with E-state index in [2.05, 4.69) is 16.0 Å². The van der Waals surface area contributed by atoms with Crippen LogP contribution in [0.1, 0.15) is 55.0 Å². The zero-order valence-corrected chi connectivity index (χ0v) is 34.3. The van der Waals surface area contributed by atoms with Gasteiger partial charge in [0.25, 0.3) is 0 Å². The normalized spacial score (nSPS) is 15.9. The van der Waals surface area contributed by atoms with E-state index in [1.54, 1.807) is 115 Å². The predicted octanol–water partition coefficient (Wildman–Crippen LogP) is 9.45. The van der Waals surface area contributed by atoms with Crippen LogP contribution in [-0.2, 0) is 14.2 Å². The van der Waals surface area contributed by atoms with Gasteiger partial charge < -0.3 is 41.0 Å². The van der Waals surface area contributed by atoms with Crippen LogP contribution < -0.4 is 21.7 Å². The first-order valence-corrected chi connectivity index (χ1v) is 19.3. The number of nitrogens with two attached hydrogens (primary N) is 1. The minimum atomic E-state index is -2.55. The number of carbonyl (C=O) groups is 2. The average molecular weight is 858 g/mol. The molecular formula is C48H50Cl2N4O6. The lowest BCUT2D eigenvalue weighted by Crippen LogP contribution is -2.26.